The summed E-state index contributed by atoms with van der Waals surface area (Å²) in [7, 11) is 0. The van der Waals surface area contributed by atoms with Crippen LogP contribution in [0.4, 0.5) is 0 Å². The molecular formula is C4H7N3O. The van der Waals surface area contributed by atoms with E-state index in [1.54, 1.807) is 0 Å². The molecule has 0 saturated heterocycles. The Morgan fingerprint density at radius 3 is 2.75 bits per heavy atom. The van der Waals surface area contributed by atoms with Crippen LogP contribution >= 0.6 is 0 Å². The van der Waals surface area contributed by atoms with Crippen LogP contribution in [0.3, 0.4) is 0 Å². The molecule has 1 unspecified atom stereocenters. The summed E-state index contributed by atoms with van der Waals surface area (Å²) in [5.41, 5.74) is 3.86. The number of hydrogen-bond acceptors (Lipinski definition) is 4. The first-order chi connectivity index (χ1) is 3.71. The Balaban J connectivity index is 2.65. The molecule has 8 heavy (non-hydrogen) atoms. The van der Waals surface area contributed by atoms with Crippen LogP contribution in [0.25, 0.3) is 0 Å². The highest BCUT2D eigenvalue weighted by Crippen LogP contribution is 1.94. The minimum atomic E-state index is -1.31. The first kappa shape index (κ1) is 5.40. The number of nitrogens with zero attached hydrogens (tertiary/aromatic N) is 2. The third-order valence-electron chi connectivity index (χ3n) is 0.791. The molecule has 0 amide bonds. The first-order valence-electron chi connectivity index (χ1n) is 2.25. The molecule has 0 fully saturated rings. The molecule has 4 nitrogen and oxygen atoms in total. The molecule has 1 rings (SSSR count). The van der Waals surface area contributed by atoms with E-state index in [1.807, 2.05) is 0 Å². The average molecular weight is 113 g/mol. The van der Waals surface area contributed by atoms with Crippen LogP contribution in [0, 0.1) is 0 Å². The second-order valence-corrected chi connectivity index (χ2v) is 1.73. The van der Waals surface area contributed by atoms with Gasteiger partial charge in [0, 0.05) is 0 Å². The van der Waals surface area contributed by atoms with Gasteiger partial charge in [-0.2, -0.15) is 0 Å². The zero-order valence-corrected chi connectivity index (χ0v) is 4.28. The Labute approximate surface area is 46.8 Å². The van der Waals surface area contributed by atoms with E-state index < -0.39 is 5.72 Å². The number of hydrogen-bond donors (Lipinski definition) is 2. The summed E-state index contributed by atoms with van der Waals surface area (Å²) in [6.07, 6.45) is 2.63. The second-order valence-electron chi connectivity index (χ2n) is 1.73. The Morgan fingerprint density at radius 1 is 1.75 bits per heavy atom. The molecule has 1 atom stereocenters. The highest BCUT2D eigenvalue weighted by molar-refractivity contribution is 5.80. The molecule has 3 N–H and O–H groups in total. The minimum absolute atomic E-state index is 0.205. The van der Waals surface area contributed by atoms with E-state index in [-0.39, 0.29) is 6.54 Å². The lowest BCUT2D eigenvalue weighted by atomic mass is 10.2. The summed E-state index contributed by atoms with van der Waals surface area (Å²) < 4.78 is 0. The molecule has 0 spiro atoms. The maximum Gasteiger partial charge on any atom is 0.169 e. The summed E-state index contributed by atoms with van der Waals surface area (Å²) in [6.45, 7) is 0.205. The SMILES string of the molecule is NC1(O)C=NC=NC1. The van der Waals surface area contributed by atoms with E-state index in [9.17, 15) is 0 Å². The van der Waals surface area contributed by atoms with Gasteiger partial charge in [0.25, 0.3) is 0 Å². The zero-order valence-electron chi connectivity index (χ0n) is 4.28. The van der Waals surface area contributed by atoms with E-state index in [0.717, 1.165) is 0 Å². The number of rotatable bonds is 0. The molecule has 1 heterocycles. The predicted octanol–water partition coefficient (Wildman–Crippen LogP) is -1.25. The number of aliphatic hydroxyl groups is 1. The monoisotopic (exact) mass is 113 g/mol. The fourth-order valence-corrected chi connectivity index (χ4v) is 0.437. The van der Waals surface area contributed by atoms with Crippen molar-refractivity contribution in [2.45, 2.75) is 5.72 Å². The van der Waals surface area contributed by atoms with Crippen molar-refractivity contribution >= 4 is 12.6 Å². The zero-order chi connectivity index (χ0) is 6.04. The molecule has 0 aromatic rings. The van der Waals surface area contributed by atoms with Gasteiger partial charge in [-0.05, 0) is 0 Å². The topological polar surface area (TPSA) is 71.0 Å². The van der Waals surface area contributed by atoms with Gasteiger partial charge < -0.3 is 5.11 Å². The Kier molecular flexibility index (Phi) is 1.11. The lowest BCUT2D eigenvalue weighted by Crippen LogP contribution is -2.45. The van der Waals surface area contributed by atoms with E-state index in [4.69, 9.17) is 10.8 Å². The Bertz CT molecular complexity index is 138. The van der Waals surface area contributed by atoms with Gasteiger partial charge in [0.15, 0.2) is 5.72 Å². The Morgan fingerprint density at radius 2 is 2.50 bits per heavy atom. The van der Waals surface area contributed by atoms with Crippen molar-refractivity contribution in [1.29, 1.82) is 0 Å². The first-order valence-corrected chi connectivity index (χ1v) is 2.25. The highest BCUT2D eigenvalue weighted by Gasteiger charge is 2.17. The van der Waals surface area contributed by atoms with Gasteiger partial charge >= 0.3 is 0 Å². The van der Waals surface area contributed by atoms with Crippen molar-refractivity contribution in [3.8, 4) is 0 Å². The summed E-state index contributed by atoms with van der Waals surface area (Å²) in [5, 5.41) is 8.89. The van der Waals surface area contributed by atoms with Crippen molar-refractivity contribution in [2.24, 2.45) is 15.7 Å². The van der Waals surface area contributed by atoms with Crippen LogP contribution in [0.2, 0.25) is 0 Å². The van der Waals surface area contributed by atoms with Gasteiger partial charge in [-0.1, -0.05) is 0 Å². The second kappa shape index (κ2) is 1.65. The predicted molar refractivity (Wildman–Crippen MR) is 31.0 cm³/mol. The average Bonchev–Trinajstić information content (AvgIpc) is 1.65. The molecule has 1 aliphatic rings. The molecular weight excluding hydrogens is 106 g/mol. The van der Waals surface area contributed by atoms with Crippen molar-refractivity contribution in [3.05, 3.63) is 0 Å². The van der Waals surface area contributed by atoms with Gasteiger partial charge in [0.1, 0.15) is 6.34 Å². The molecule has 4 heteroatoms. The van der Waals surface area contributed by atoms with Crippen LogP contribution < -0.4 is 5.73 Å². The van der Waals surface area contributed by atoms with E-state index >= 15 is 0 Å². The van der Waals surface area contributed by atoms with Gasteiger partial charge in [-0.25, -0.2) is 4.99 Å². The summed E-state index contributed by atoms with van der Waals surface area (Å²) in [5.74, 6) is 0. The molecule has 44 valence electrons. The minimum Gasteiger partial charge on any atom is -0.369 e. The van der Waals surface area contributed by atoms with Gasteiger partial charge in [-0.3, -0.25) is 10.7 Å². The van der Waals surface area contributed by atoms with Crippen LogP contribution in [0.5, 0.6) is 0 Å². The fraction of sp³-hybridized carbons (Fsp3) is 0.500. The largest absolute Gasteiger partial charge is 0.369 e. The molecule has 0 aromatic heterocycles. The normalized spacial score (nSPS) is 35.8. The van der Waals surface area contributed by atoms with Gasteiger partial charge in [0.05, 0.1) is 12.8 Å². The lowest BCUT2D eigenvalue weighted by Gasteiger charge is -2.15. The fourth-order valence-electron chi connectivity index (χ4n) is 0.437. The van der Waals surface area contributed by atoms with E-state index in [0.29, 0.717) is 0 Å². The van der Waals surface area contributed by atoms with Crippen LogP contribution in [0.15, 0.2) is 9.98 Å². The maximum absolute atomic E-state index is 8.89. The Hall–Kier alpha value is -0.740. The third kappa shape index (κ3) is 1.11. The molecule has 0 aromatic carbocycles. The molecule has 1 aliphatic heterocycles. The van der Waals surface area contributed by atoms with E-state index in [2.05, 4.69) is 9.98 Å². The van der Waals surface area contributed by atoms with Crippen LogP contribution in [-0.2, 0) is 0 Å². The van der Waals surface area contributed by atoms with Crippen LogP contribution in [0.1, 0.15) is 0 Å². The number of aliphatic imine (C=N–C) groups is 2. The van der Waals surface area contributed by atoms with Gasteiger partial charge in [-0.15, -0.1) is 0 Å². The van der Waals surface area contributed by atoms with Crippen molar-refractivity contribution in [2.75, 3.05) is 6.54 Å². The number of nitrogens with two attached hydrogens (primary N) is 1. The van der Waals surface area contributed by atoms with Crippen molar-refractivity contribution in [3.63, 3.8) is 0 Å². The van der Waals surface area contributed by atoms with Gasteiger partial charge in [0.2, 0.25) is 0 Å². The third-order valence-corrected chi connectivity index (χ3v) is 0.791. The summed E-state index contributed by atoms with van der Waals surface area (Å²) in [4.78, 5) is 7.17. The molecule has 0 radical (unpaired) electrons. The van der Waals surface area contributed by atoms with Crippen LogP contribution in [-0.4, -0.2) is 29.9 Å². The quantitative estimate of drug-likeness (QED) is 0.385. The van der Waals surface area contributed by atoms with Crippen molar-refractivity contribution in [1.82, 2.24) is 0 Å². The highest BCUT2D eigenvalue weighted by atomic mass is 16.3. The molecule has 0 bridgehead atoms. The lowest BCUT2D eigenvalue weighted by molar-refractivity contribution is 0.133. The molecule has 0 aliphatic carbocycles. The summed E-state index contributed by atoms with van der Waals surface area (Å²) in [6, 6.07) is 0. The van der Waals surface area contributed by atoms with E-state index in [1.165, 1.54) is 12.6 Å². The smallest absolute Gasteiger partial charge is 0.169 e. The summed E-state index contributed by atoms with van der Waals surface area (Å²) >= 11 is 0. The maximum atomic E-state index is 8.89. The molecule has 0 saturated carbocycles. The van der Waals surface area contributed by atoms with Crippen molar-refractivity contribution < 1.29 is 5.11 Å². The standard InChI is InChI=1S/C4H7N3O/c5-4(8)1-6-3-7-2-4/h1,3,8H,2,5H2.